The summed E-state index contributed by atoms with van der Waals surface area (Å²) in [4.78, 5) is 26.3. The monoisotopic (exact) mass is 588 g/mol. The van der Waals surface area contributed by atoms with Gasteiger partial charge in [-0.1, -0.05) is 32.8 Å². The molecule has 2 fully saturated rings. The number of carbonyl (C=O) groups excluding carboxylic acids is 1. The van der Waals surface area contributed by atoms with E-state index in [1.807, 2.05) is 11.6 Å². The molecule has 42 heavy (non-hydrogen) atoms. The lowest BCUT2D eigenvalue weighted by atomic mass is 9.48. The van der Waals surface area contributed by atoms with Crippen LogP contribution in [0.4, 0.5) is 23.2 Å². The van der Waals surface area contributed by atoms with E-state index in [0.29, 0.717) is 22.6 Å². The highest BCUT2D eigenvalue weighted by atomic mass is 19.4. The lowest BCUT2D eigenvalue weighted by molar-refractivity contribution is -0.141. The third-order valence-electron chi connectivity index (χ3n) is 8.96. The highest BCUT2D eigenvalue weighted by molar-refractivity contribution is 6.04. The van der Waals surface area contributed by atoms with Gasteiger partial charge in [-0.3, -0.25) is 9.59 Å². The van der Waals surface area contributed by atoms with Gasteiger partial charge in [0.15, 0.2) is 0 Å². The Morgan fingerprint density at radius 3 is 2.45 bits per heavy atom. The Morgan fingerprint density at radius 2 is 1.86 bits per heavy atom. The van der Waals surface area contributed by atoms with Crippen LogP contribution in [0, 0.1) is 17.2 Å². The maximum absolute atomic E-state index is 15.1. The normalized spacial score (nSPS) is 17.6. The number of hydrogen-bond acceptors (Lipinski definition) is 5. The molecule has 0 atom stereocenters. The number of pyridine rings is 1. The number of carbonyl (C=O) groups is 1. The predicted octanol–water partition coefficient (Wildman–Crippen LogP) is 5.32. The molecule has 2 saturated carbocycles. The number of alkyl halides is 3. The number of benzene rings is 1. The van der Waals surface area contributed by atoms with E-state index in [1.165, 1.54) is 18.2 Å². The number of anilines is 1. The van der Waals surface area contributed by atoms with E-state index in [9.17, 15) is 22.8 Å². The van der Waals surface area contributed by atoms with Gasteiger partial charge in [-0.2, -0.15) is 13.2 Å². The second-order valence-corrected chi connectivity index (χ2v) is 11.9. The number of hydrogen-bond donors (Lipinski definition) is 2. The largest absolute Gasteiger partial charge is 0.406 e. The molecule has 0 unspecified atom stereocenters. The molecule has 2 aliphatic rings. The van der Waals surface area contributed by atoms with Gasteiger partial charge < -0.3 is 19.8 Å². The number of rotatable bonds is 11. The van der Waals surface area contributed by atoms with Crippen molar-refractivity contribution in [3.8, 4) is 0 Å². The summed E-state index contributed by atoms with van der Waals surface area (Å²) < 4.78 is 57.2. The van der Waals surface area contributed by atoms with Gasteiger partial charge in [0.05, 0.1) is 11.1 Å². The average molecular weight is 589 g/mol. The van der Waals surface area contributed by atoms with E-state index < -0.39 is 41.0 Å². The van der Waals surface area contributed by atoms with E-state index in [-0.39, 0.29) is 17.6 Å². The minimum atomic E-state index is -4.67. The van der Waals surface area contributed by atoms with Crippen molar-refractivity contribution in [2.45, 2.75) is 77.1 Å². The van der Waals surface area contributed by atoms with E-state index in [1.54, 1.807) is 12.4 Å². The van der Waals surface area contributed by atoms with Gasteiger partial charge >= 0.3 is 6.18 Å². The SMILES string of the molecule is CCC1(CC)CC(c2ccc(F)c(NC(=O)c3cc(CNCC4CC4)cn(CC(F)(F)F)c3=O)c2)(c2nncn2C)C1. The molecule has 0 bridgehead atoms. The first-order chi connectivity index (χ1) is 19.9. The molecule has 2 N–H and O–H groups in total. The topological polar surface area (TPSA) is 93.8 Å². The van der Waals surface area contributed by atoms with Crippen LogP contribution in [0.3, 0.4) is 0 Å². The van der Waals surface area contributed by atoms with E-state index in [4.69, 9.17) is 0 Å². The highest BCUT2D eigenvalue weighted by Gasteiger charge is 2.56. The van der Waals surface area contributed by atoms with Gasteiger partial charge in [-0.15, -0.1) is 10.2 Å². The van der Waals surface area contributed by atoms with Crippen molar-refractivity contribution in [1.82, 2.24) is 24.6 Å². The summed E-state index contributed by atoms with van der Waals surface area (Å²) in [6.45, 7) is 3.63. The van der Waals surface area contributed by atoms with Crippen LogP contribution in [0.2, 0.25) is 0 Å². The van der Waals surface area contributed by atoms with Crippen molar-refractivity contribution < 1.29 is 22.4 Å². The molecule has 1 amide bonds. The minimum Gasteiger partial charge on any atom is -0.320 e. The van der Waals surface area contributed by atoms with Gasteiger partial charge in [-0.25, -0.2) is 4.39 Å². The lowest BCUT2D eigenvalue weighted by Crippen LogP contribution is -2.51. The Hall–Kier alpha value is -3.54. The average Bonchev–Trinajstić information content (AvgIpc) is 3.64. The summed E-state index contributed by atoms with van der Waals surface area (Å²) in [5.41, 5.74) is -1.14. The predicted molar refractivity (Wildman–Crippen MR) is 150 cm³/mol. The van der Waals surface area contributed by atoms with Crippen LogP contribution in [0.25, 0.3) is 0 Å². The van der Waals surface area contributed by atoms with Gasteiger partial charge in [-0.05, 0) is 72.9 Å². The first kappa shape index (κ1) is 29.9. The highest BCUT2D eigenvalue weighted by Crippen LogP contribution is 2.61. The zero-order valence-corrected chi connectivity index (χ0v) is 24.0. The van der Waals surface area contributed by atoms with Crippen molar-refractivity contribution >= 4 is 11.6 Å². The van der Waals surface area contributed by atoms with Crippen LogP contribution in [0.1, 0.15) is 79.7 Å². The Kier molecular flexibility index (Phi) is 8.04. The van der Waals surface area contributed by atoms with Crippen molar-refractivity contribution in [2.75, 3.05) is 11.9 Å². The molecule has 3 aromatic rings. The summed E-state index contributed by atoms with van der Waals surface area (Å²) in [5, 5.41) is 14.1. The molecule has 5 rings (SSSR count). The second kappa shape index (κ2) is 11.3. The molecule has 0 aliphatic heterocycles. The quantitative estimate of drug-likeness (QED) is 0.296. The van der Waals surface area contributed by atoms with E-state index >= 15 is 4.39 Å². The molecule has 1 aromatic carbocycles. The Bertz CT molecular complexity index is 1510. The molecular formula is C30H36F4N6O2. The van der Waals surface area contributed by atoms with Crippen LogP contribution < -0.4 is 16.2 Å². The van der Waals surface area contributed by atoms with Gasteiger partial charge in [0.2, 0.25) is 0 Å². The molecular weight excluding hydrogens is 552 g/mol. The molecule has 2 aliphatic carbocycles. The Labute approximate surface area is 241 Å². The number of aryl methyl sites for hydroxylation is 1. The first-order valence-corrected chi connectivity index (χ1v) is 14.4. The van der Waals surface area contributed by atoms with Crippen LogP contribution in [0.15, 0.2) is 41.6 Å². The summed E-state index contributed by atoms with van der Waals surface area (Å²) in [6.07, 6.45) is 3.69. The molecule has 8 nitrogen and oxygen atoms in total. The standard InChI is InChI=1S/C30H36F4N6O2/c1-4-28(5-2)15-29(16-28,27-38-36-18-39(27)3)21-8-9-23(31)24(11-21)37-25(41)22-10-20(13-35-12-19-6-7-19)14-40(26(22)42)17-30(32,33)34/h8-11,14,18-19,35H,4-7,12-13,15-17H2,1-3H3,(H,37,41). The number of amides is 1. The van der Waals surface area contributed by atoms with Gasteiger partial charge in [0.1, 0.15) is 30.1 Å². The minimum absolute atomic E-state index is 0.0846. The van der Waals surface area contributed by atoms with E-state index in [2.05, 4.69) is 34.7 Å². The Morgan fingerprint density at radius 1 is 1.14 bits per heavy atom. The fourth-order valence-electron chi connectivity index (χ4n) is 6.31. The van der Waals surface area contributed by atoms with Crippen molar-refractivity contribution in [3.05, 3.63) is 75.5 Å². The number of nitrogens with zero attached hydrogens (tertiary/aromatic N) is 4. The van der Waals surface area contributed by atoms with Crippen molar-refractivity contribution in [2.24, 2.45) is 18.4 Å². The van der Waals surface area contributed by atoms with Crippen LogP contribution >= 0.6 is 0 Å². The van der Waals surface area contributed by atoms with Crippen LogP contribution in [-0.4, -0.2) is 38.0 Å². The second-order valence-electron chi connectivity index (χ2n) is 11.9. The maximum Gasteiger partial charge on any atom is 0.406 e. The third kappa shape index (κ3) is 5.99. The number of nitrogens with one attached hydrogen (secondary N) is 2. The molecule has 2 heterocycles. The zero-order chi connectivity index (χ0) is 30.3. The number of aromatic nitrogens is 4. The summed E-state index contributed by atoms with van der Waals surface area (Å²) in [6, 6.07) is 5.72. The maximum atomic E-state index is 15.1. The van der Waals surface area contributed by atoms with Crippen LogP contribution in [0.5, 0.6) is 0 Å². The molecule has 12 heteroatoms. The zero-order valence-electron chi connectivity index (χ0n) is 24.0. The van der Waals surface area contributed by atoms with Gasteiger partial charge in [0.25, 0.3) is 11.5 Å². The summed E-state index contributed by atoms with van der Waals surface area (Å²) in [5.74, 6) is -0.446. The molecule has 226 valence electrons. The lowest BCUT2D eigenvalue weighted by Gasteiger charge is -2.56. The molecule has 0 radical (unpaired) electrons. The Balaban J connectivity index is 1.47. The first-order valence-electron chi connectivity index (χ1n) is 14.4. The summed E-state index contributed by atoms with van der Waals surface area (Å²) in [7, 11) is 1.85. The molecule has 0 saturated heterocycles. The van der Waals surface area contributed by atoms with Crippen molar-refractivity contribution in [1.29, 1.82) is 0 Å². The molecule has 2 aromatic heterocycles. The van der Waals surface area contributed by atoms with Gasteiger partial charge in [0, 0.05) is 19.8 Å². The summed E-state index contributed by atoms with van der Waals surface area (Å²) >= 11 is 0. The fourth-order valence-corrected chi connectivity index (χ4v) is 6.31. The fraction of sp³-hybridized carbons (Fsp3) is 0.533. The number of halogens is 4. The third-order valence-corrected chi connectivity index (χ3v) is 8.96. The van der Waals surface area contributed by atoms with Crippen molar-refractivity contribution in [3.63, 3.8) is 0 Å². The smallest absolute Gasteiger partial charge is 0.320 e. The molecule has 0 spiro atoms. The van der Waals surface area contributed by atoms with E-state index in [0.717, 1.165) is 56.1 Å². The van der Waals surface area contributed by atoms with Crippen LogP contribution in [-0.2, 0) is 25.6 Å².